The molecule has 0 bridgehead atoms. The fourth-order valence-electron chi connectivity index (χ4n) is 1.59. The van der Waals surface area contributed by atoms with Crippen LogP contribution in [0.3, 0.4) is 0 Å². The van der Waals surface area contributed by atoms with E-state index in [1.54, 1.807) is 17.4 Å². The van der Waals surface area contributed by atoms with Gasteiger partial charge in [-0.3, -0.25) is 0 Å². The SMILES string of the molecule is Cc1csc(Sc2cccc(F)c2CNC(C)C)n1. The van der Waals surface area contributed by atoms with Gasteiger partial charge in [-0.1, -0.05) is 31.7 Å². The molecule has 1 N–H and O–H groups in total. The van der Waals surface area contributed by atoms with Crippen molar-refractivity contribution in [2.75, 3.05) is 0 Å². The molecule has 1 aromatic carbocycles. The summed E-state index contributed by atoms with van der Waals surface area (Å²) in [4.78, 5) is 5.34. The lowest BCUT2D eigenvalue weighted by Gasteiger charge is -2.12. The standard InChI is InChI=1S/C14H17FN2S2/c1-9(2)16-7-11-12(15)5-4-6-13(11)19-14-17-10(3)8-18-14/h4-6,8-9,16H,7H2,1-3H3. The van der Waals surface area contributed by atoms with E-state index in [0.29, 0.717) is 18.2 Å². The summed E-state index contributed by atoms with van der Waals surface area (Å²) in [5.74, 6) is -0.161. The van der Waals surface area contributed by atoms with Crippen LogP contribution < -0.4 is 5.32 Å². The zero-order valence-electron chi connectivity index (χ0n) is 11.2. The molecule has 0 fully saturated rings. The molecule has 0 amide bonds. The number of aromatic nitrogens is 1. The van der Waals surface area contributed by atoms with Crippen molar-refractivity contribution in [1.82, 2.24) is 10.3 Å². The second-order valence-corrected chi connectivity index (χ2v) is 6.76. The molecule has 0 unspecified atom stereocenters. The molecule has 102 valence electrons. The number of hydrogen-bond donors (Lipinski definition) is 1. The molecule has 0 aliphatic carbocycles. The zero-order chi connectivity index (χ0) is 13.8. The minimum Gasteiger partial charge on any atom is -0.310 e. The molecule has 0 spiro atoms. The van der Waals surface area contributed by atoms with Crippen LogP contribution in [0.15, 0.2) is 32.8 Å². The molecule has 2 rings (SSSR count). The lowest BCUT2D eigenvalue weighted by atomic mass is 10.2. The van der Waals surface area contributed by atoms with Gasteiger partial charge in [-0.15, -0.1) is 11.3 Å². The second kappa shape index (κ2) is 6.50. The van der Waals surface area contributed by atoms with Crippen molar-refractivity contribution >= 4 is 23.1 Å². The summed E-state index contributed by atoms with van der Waals surface area (Å²) < 4.78 is 14.9. The first-order valence-corrected chi connectivity index (χ1v) is 7.86. The molecular formula is C14H17FN2S2. The van der Waals surface area contributed by atoms with E-state index < -0.39 is 0 Å². The lowest BCUT2D eigenvalue weighted by molar-refractivity contribution is 0.546. The quantitative estimate of drug-likeness (QED) is 0.893. The highest BCUT2D eigenvalue weighted by Gasteiger charge is 2.11. The van der Waals surface area contributed by atoms with Gasteiger partial charge in [0.1, 0.15) is 5.82 Å². The third-order valence-corrected chi connectivity index (χ3v) is 4.72. The van der Waals surface area contributed by atoms with Gasteiger partial charge in [-0.25, -0.2) is 9.37 Å². The first kappa shape index (κ1) is 14.5. The smallest absolute Gasteiger partial charge is 0.154 e. The maximum Gasteiger partial charge on any atom is 0.154 e. The molecule has 0 radical (unpaired) electrons. The van der Waals surface area contributed by atoms with Crippen LogP contribution >= 0.6 is 23.1 Å². The molecular weight excluding hydrogens is 279 g/mol. The second-order valence-electron chi connectivity index (χ2n) is 4.61. The normalized spacial score (nSPS) is 11.2. The molecule has 0 saturated carbocycles. The Bertz CT molecular complexity index is 552. The van der Waals surface area contributed by atoms with Gasteiger partial charge in [0.05, 0.1) is 0 Å². The van der Waals surface area contributed by atoms with E-state index in [-0.39, 0.29) is 5.82 Å². The highest BCUT2D eigenvalue weighted by Crippen LogP contribution is 2.33. The fourth-order valence-corrected chi connectivity index (χ4v) is 3.53. The van der Waals surface area contributed by atoms with Crippen molar-refractivity contribution < 1.29 is 4.39 Å². The first-order valence-electron chi connectivity index (χ1n) is 6.17. The number of hydrogen-bond acceptors (Lipinski definition) is 4. The van der Waals surface area contributed by atoms with Crippen LogP contribution in [0.25, 0.3) is 0 Å². The summed E-state index contributed by atoms with van der Waals surface area (Å²) in [7, 11) is 0. The van der Waals surface area contributed by atoms with Gasteiger partial charge in [-0.05, 0) is 19.1 Å². The monoisotopic (exact) mass is 296 g/mol. The van der Waals surface area contributed by atoms with E-state index in [1.807, 2.05) is 18.4 Å². The maximum absolute atomic E-state index is 13.9. The summed E-state index contributed by atoms with van der Waals surface area (Å²) >= 11 is 3.12. The Labute approximate surface area is 121 Å². The van der Waals surface area contributed by atoms with Gasteiger partial charge in [0.25, 0.3) is 0 Å². The maximum atomic E-state index is 13.9. The van der Waals surface area contributed by atoms with Crippen LogP contribution in [0, 0.1) is 12.7 Å². The van der Waals surface area contributed by atoms with Gasteiger partial charge in [0.15, 0.2) is 4.34 Å². The molecule has 0 aliphatic rings. The Kier molecular flexibility index (Phi) is 4.96. The van der Waals surface area contributed by atoms with Crippen molar-refractivity contribution in [3.8, 4) is 0 Å². The molecule has 5 heteroatoms. The summed E-state index contributed by atoms with van der Waals surface area (Å²) in [6.45, 7) is 6.61. The van der Waals surface area contributed by atoms with Crippen LogP contribution in [-0.4, -0.2) is 11.0 Å². The number of thiazole rings is 1. The van der Waals surface area contributed by atoms with Crippen LogP contribution in [0.1, 0.15) is 25.1 Å². The van der Waals surface area contributed by atoms with Crippen molar-refractivity contribution in [2.24, 2.45) is 0 Å². The highest BCUT2D eigenvalue weighted by molar-refractivity contribution is 8.01. The molecule has 0 saturated heterocycles. The predicted octanol–water partition coefficient (Wildman–Crippen LogP) is 4.24. The van der Waals surface area contributed by atoms with Crippen molar-refractivity contribution in [3.05, 3.63) is 40.7 Å². The molecule has 0 atom stereocenters. The zero-order valence-corrected chi connectivity index (χ0v) is 12.9. The minimum absolute atomic E-state index is 0.161. The van der Waals surface area contributed by atoms with E-state index in [2.05, 4.69) is 24.1 Å². The summed E-state index contributed by atoms with van der Waals surface area (Å²) in [5, 5.41) is 5.27. The highest BCUT2D eigenvalue weighted by atomic mass is 32.2. The number of halogens is 1. The minimum atomic E-state index is -0.161. The largest absolute Gasteiger partial charge is 0.310 e. The van der Waals surface area contributed by atoms with E-state index in [0.717, 1.165) is 14.9 Å². The summed E-state index contributed by atoms with van der Waals surface area (Å²) in [5.41, 5.74) is 1.72. The predicted molar refractivity (Wildman–Crippen MR) is 79.3 cm³/mol. The van der Waals surface area contributed by atoms with Gasteiger partial charge in [0.2, 0.25) is 0 Å². The van der Waals surface area contributed by atoms with E-state index >= 15 is 0 Å². The topological polar surface area (TPSA) is 24.9 Å². The third-order valence-electron chi connectivity index (χ3n) is 2.56. The third kappa shape index (κ3) is 4.03. The molecule has 1 heterocycles. The average molecular weight is 296 g/mol. The molecule has 2 aromatic rings. The summed E-state index contributed by atoms with van der Waals surface area (Å²) in [6, 6.07) is 5.53. The average Bonchev–Trinajstić information content (AvgIpc) is 2.74. The Morgan fingerprint density at radius 2 is 2.21 bits per heavy atom. The molecule has 0 aliphatic heterocycles. The van der Waals surface area contributed by atoms with Gasteiger partial charge in [-0.2, -0.15) is 0 Å². The van der Waals surface area contributed by atoms with Crippen LogP contribution in [-0.2, 0) is 6.54 Å². The first-order chi connectivity index (χ1) is 9.06. The molecule has 1 aromatic heterocycles. The molecule has 2 nitrogen and oxygen atoms in total. The van der Waals surface area contributed by atoms with Crippen molar-refractivity contribution in [1.29, 1.82) is 0 Å². The number of benzene rings is 1. The summed E-state index contributed by atoms with van der Waals surface area (Å²) in [6.07, 6.45) is 0. The Balaban J connectivity index is 2.21. The number of aryl methyl sites for hydroxylation is 1. The van der Waals surface area contributed by atoms with Gasteiger partial charge < -0.3 is 5.32 Å². The van der Waals surface area contributed by atoms with E-state index in [4.69, 9.17) is 0 Å². The Hall–Kier alpha value is -0.910. The number of nitrogens with one attached hydrogen (secondary N) is 1. The van der Waals surface area contributed by atoms with Gasteiger partial charge >= 0.3 is 0 Å². The van der Waals surface area contributed by atoms with Crippen LogP contribution in [0.5, 0.6) is 0 Å². The van der Waals surface area contributed by atoms with Crippen LogP contribution in [0.2, 0.25) is 0 Å². The van der Waals surface area contributed by atoms with Crippen molar-refractivity contribution in [2.45, 2.75) is 42.6 Å². The number of rotatable bonds is 5. The fraction of sp³-hybridized carbons (Fsp3) is 0.357. The number of nitrogens with zero attached hydrogens (tertiary/aromatic N) is 1. The lowest BCUT2D eigenvalue weighted by Crippen LogP contribution is -2.22. The van der Waals surface area contributed by atoms with Crippen LogP contribution in [0.4, 0.5) is 4.39 Å². The van der Waals surface area contributed by atoms with E-state index in [1.165, 1.54) is 17.8 Å². The Morgan fingerprint density at radius 1 is 1.42 bits per heavy atom. The van der Waals surface area contributed by atoms with E-state index in [9.17, 15) is 4.39 Å². The van der Waals surface area contributed by atoms with Gasteiger partial charge in [0, 0.05) is 34.1 Å². The van der Waals surface area contributed by atoms with Crippen molar-refractivity contribution in [3.63, 3.8) is 0 Å². The molecule has 19 heavy (non-hydrogen) atoms. The Morgan fingerprint density at radius 3 is 2.84 bits per heavy atom.